The second-order valence-corrected chi connectivity index (χ2v) is 34.5. The fourth-order valence-corrected chi connectivity index (χ4v) is 17.8. The van der Waals surface area contributed by atoms with Crippen LogP contribution in [0.1, 0.15) is 141 Å². The molecule has 0 bridgehead atoms. The SMILES string of the molecule is CCCCCCCC(=O)OC[C@@H](COP(=O)(OCc1ccccc1)OC1[C@H](OCOCc2ccccc2)[C@H](OP(=O)(OCc2ccccc2)OCc2ccccc2)C(OP(=O)(OCc2ccccc2)OCc2ccccc2)[C@H](OP(=O)(OCc2ccccc2)OCc2ccccc2)[C@H]1OCOCc1ccccc1)OC(=O)CCCCCCC. The van der Waals surface area contributed by atoms with Gasteiger partial charge >= 0.3 is 43.2 Å². The predicted molar refractivity (Wildman–Crippen MR) is 444 cm³/mol. The number of benzene rings is 9. The van der Waals surface area contributed by atoms with Gasteiger partial charge in [-0.2, -0.15) is 0 Å². The van der Waals surface area contributed by atoms with Gasteiger partial charge in [-0.15, -0.1) is 0 Å². The van der Waals surface area contributed by atoms with Crippen LogP contribution in [-0.2, 0) is 170 Å². The van der Waals surface area contributed by atoms with Gasteiger partial charge in [0.1, 0.15) is 56.8 Å². The van der Waals surface area contributed by atoms with Crippen LogP contribution in [0.5, 0.6) is 0 Å². The number of rotatable bonds is 57. The van der Waals surface area contributed by atoms with Crippen LogP contribution < -0.4 is 0 Å². The van der Waals surface area contributed by atoms with Crippen molar-refractivity contribution < 1.29 is 111 Å². The Kier molecular flexibility index (Phi) is 40.0. The molecule has 0 aliphatic heterocycles. The summed E-state index contributed by atoms with van der Waals surface area (Å²) < 4.78 is 187. The third-order valence-electron chi connectivity index (χ3n) is 18.6. The lowest BCUT2D eigenvalue weighted by Gasteiger charge is -2.49. The van der Waals surface area contributed by atoms with E-state index in [0.717, 1.165) is 51.4 Å². The molecule has 24 nitrogen and oxygen atoms in total. The van der Waals surface area contributed by atoms with Gasteiger partial charge in [0.05, 0.1) is 66.1 Å². The Labute approximate surface area is 693 Å². The van der Waals surface area contributed by atoms with Crippen molar-refractivity contribution in [2.24, 2.45) is 0 Å². The van der Waals surface area contributed by atoms with E-state index >= 15 is 18.3 Å². The molecule has 0 aromatic heterocycles. The number of carbonyl (C=O) groups excluding carboxylic acids is 2. The van der Waals surface area contributed by atoms with E-state index in [-0.39, 0.29) is 26.1 Å². The zero-order valence-corrected chi connectivity index (χ0v) is 70.4. The van der Waals surface area contributed by atoms with Crippen molar-refractivity contribution in [3.8, 4) is 0 Å². The van der Waals surface area contributed by atoms with Crippen LogP contribution in [0.3, 0.4) is 0 Å². The molecule has 1 aliphatic rings. The standard InChI is InChI=1S/C90H108O24P4/c1-3-5-7-9-38-58-83(91)99-69-82(110-84(92)59-39-10-8-6-4-2)70-109-118(96,108-68-81-56-36-19-37-57-81)111-87-85(100-71-97-60-73-40-20-11-21-41-73)88(112-115(93,102-62-75-44-24-13-25-45-75)103-63-76-46-26-14-27-47-76)90(114-117(95,106-66-79-52-32-17-33-53-79)107-67-80-54-34-18-35-55-80)89(86(87)101-72-98-61-74-42-22-12-23-43-74)113-116(94,104-64-77-48-28-15-29-49-77)105-65-78-50-30-16-31-51-78/h11-37,40-57,82,85-90H,3-10,38-39,58-72H2,1-2H3/t82-,85-,86-,87?,88-,89+,90?,118?/m0/s1. The Morgan fingerprint density at radius 1 is 0.271 bits per heavy atom. The van der Waals surface area contributed by atoms with Crippen molar-refractivity contribution in [1.82, 2.24) is 0 Å². The van der Waals surface area contributed by atoms with Crippen molar-refractivity contribution in [2.75, 3.05) is 26.8 Å². The Hall–Kier alpha value is -7.80. The highest BCUT2D eigenvalue weighted by Crippen LogP contribution is 2.63. The van der Waals surface area contributed by atoms with Gasteiger partial charge in [-0.3, -0.25) is 63.9 Å². The molecule has 9 aromatic rings. The maximum absolute atomic E-state index is 17.1. The Morgan fingerprint density at radius 3 is 0.771 bits per heavy atom. The Morgan fingerprint density at radius 2 is 0.500 bits per heavy atom. The van der Waals surface area contributed by atoms with Crippen LogP contribution in [0, 0.1) is 0 Å². The van der Waals surface area contributed by atoms with Gasteiger partial charge in [-0.25, -0.2) is 18.3 Å². The molecule has 0 amide bonds. The van der Waals surface area contributed by atoms with Crippen molar-refractivity contribution in [3.63, 3.8) is 0 Å². The summed E-state index contributed by atoms with van der Waals surface area (Å²) in [6, 6.07) is 79.2. The van der Waals surface area contributed by atoms with E-state index in [0.29, 0.717) is 62.9 Å². The fourth-order valence-electron chi connectivity index (χ4n) is 12.3. The topological polar surface area (TPSA) is 269 Å². The van der Waals surface area contributed by atoms with Crippen molar-refractivity contribution >= 4 is 43.2 Å². The van der Waals surface area contributed by atoms with Crippen LogP contribution in [0.2, 0.25) is 0 Å². The van der Waals surface area contributed by atoms with Gasteiger partial charge in [0, 0.05) is 12.8 Å². The van der Waals surface area contributed by atoms with Gasteiger partial charge in [0.2, 0.25) is 0 Å². The number of esters is 2. The number of phosphoric acid groups is 4. The largest absolute Gasteiger partial charge is 0.475 e. The van der Waals surface area contributed by atoms with E-state index in [2.05, 4.69) is 13.8 Å². The minimum atomic E-state index is -5.52. The minimum Gasteiger partial charge on any atom is -0.462 e. The summed E-state index contributed by atoms with van der Waals surface area (Å²) in [6.45, 7) is -2.00. The summed E-state index contributed by atoms with van der Waals surface area (Å²) >= 11 is 0. The summed E-state index contributed by atoms with van der Waals surface area (Å²) in [5, 5.41) is 0. The number of ether oxygens (including phenoxy) is 6. The molecule has 0 radical (unpaired) electrons. The van der Waals surface area contributed by atoms with Crippen molar-refractivity contribution in [2.45, 2.75) is 193 Å². The van der Waals surface area contributed by atoms with E-state index in [1.54, 1.807) is 212 Å². The molecule has 3 unspecified atom stereocenters. The van der Waals surface area contributed by atoms with Crippen LogP contribution >= 0.6 is 31.3 Å². The minimum absolute atomic E-state index is 0.0153. The van der Waals surface area contributed by atoms with Crippen molar-refractivity contribution in [1.29, 1.82) is 0 Å². The normalized spacial score (nSPS) is 17.2. The first-order valence-electron chi connectivity index (χ1n) is 40.0. The molecular formula is C90H108O24P4. The van der Waals surface area contributed by atoms with E-state index in [1.165, 1.54) is 0 Å². The van der Waals surface area contributed by atoms with Crippen LogP contribution in [0.25, 0.3) is 0 Å². The molecule has 9 aromatic carbocycles. The molecule has 10 rings (SSSR count). The molecule has 28 heteroatoms. The summed E-state index contributed by atoms with van der Waals surface area (Å²) in [4.78, 5) is 27.7. The first-order chi connectivity index (χ1) is 57.6. The second-order valence-electron chi connectivity index (χ2n) is 28.0. The highest BCUT2D eigenvalue weighted by atomic mass is 31.2. The number of hydrogen-bond acceptors (Lipinski definition) is 24. The molecule has 8 atom stereocenters. The average Bonchev–Trinajstić information content (AvgIpc) is 0.741. The van der Waals surface area contributed by atoms with E-state index in [1.807, 2.05) is 60.7 Å². The molecule has 1 saturated carbocycles. The lowest BCUT2D eigenvalue weighted by Crippen LogP contribution is -2.67. The van der Waals surface area contributed by atoms with Gasteiger partial charge in [0.25, 0.3) is 0 Å². The number of carbonyl (C=O) groups is 2. The third kappa shape index (κ3) is 33.3. The summed E-state index contributed by atoms with van der Waals surface area (Å²) in [7, 11) is -21.6. The predicted octanol–water partition coefficient (Wildman–Crippen LogP) is 21.8. The average molecular weight is 1700 g/mol. The van der Waals surface area contributed by atoms with E-state index < -0.39 is 159 Å². The molecule has 1 fully saturated rings. The Bertz CT molecular complexity index is 4150. The second kappa shape index (κ2) is 51.1. The van der Waals surface area contributed by atoms with Crippen LogP contribution in [0.15, 0.2) is 273 Å². The quantitative estimate of drug-likeness (QED) is 0.0148. The lowest BCUT2D eigenvalue weighted by molar-refractivity contribution is -0.264. The number of hydrogen-bond donors (Lipinski definition) is 0. The molecule has 0 N–H and O–H groups in total. The van der Waals surface area contributed by atoms with Gasteiger partial charge in [0.15, 0.2) is 6.10 Å². The van der Waals surface area contributed by atoms with Crippen LogP contribution in [0.4, 0.5) is 0 Å². The molecule has 632 valence electrons. The molecule has 0 saturated heterocycles. The molecular weight excluding hydrogens is 1590 g/mol. The molecule has 0 heterocycles. The lowest BCUT2D eigenvalue weighted by atomic mass is 9.84. The maximum atomic E-state index is 17.1. The third-order valence-corrected chi connectivity index (χ3v) is 24.2. The smallest absolute Gasteiger partial charge is 0.462 e. The van der Waals surface area contributed by atoms with E-state index in [4.69, 9.17) is 82.7 Å². The van der Waals surface area contributed by atoms with Crippen molar-refractivity contribution in [3.05, 3.63) is 323 Å². The maximum Gasteiger partial charge on any atom is 0.475 e. The molecule has 118 heavy (non-hydrogen) atoms. The first kappa shape index (κ1) is 92.5. The summed E-state index contributed by atoms with van der Waals surface area (Å²) in [5.41, 5.74) is 4.86. The highest BCUT2D eigenvalue weighted by Gasteiger charge is 2.63. The fraction of sp³-hybridized carbons (Fsp3) is 0.378. The monoisotopic (exact) mass is 1700 g/mol. The highest BCUT2D eigenvalue weighted by molar-refractivity contribution is 7.49. The van der Waals surface area contributed by atoms with Gasteiger partial charge in [-0.1, -0.05) is 338 Å². The molecule has 0 spiro atoms. The zero-order valence-electron chi connectivity index (χ0n) is 66.8. The summed E-state index contributed by atoms with van der Waals surface area (Å²) in [6.07, 6.45) is -6.36. The van der Waals surface area contributed by atoms with E-state index in [9.17, 15) is 9.59 Å². The van der Waals surface area contributed by atoms with Crippen LogP contribution in [-0.4, -0.2) is 81.5 Å². The number of unbranched alkanes of at least 4 members (excludes halogenated alkanes) is 8. The first-order valence-corrected chi connectivity index (χ1v) is 45.9. The molecule has 1 aliphatic carbocycles. The zero-order chi connectivity index (χ0) is 82.6. The van der Waals surface area contributed by atoms with Gasteiger partial charge in [-0.05, 0) is 62.9 Å². The summed E-state index contributed by atoms with van der Waals surface area (Å²) in [5.74, 6) is -1.24. The number of phosphoric ester groups is 4. The Balaban J connectivity index is 1.20. The van der Waals surface area contributed by atoms with Gasteiger partial charge < -0.3 is 28.4 Å².